The topological polar surface area (TPSA) is 66.4 Å². The predicted molar refractivity (Wildman–Crippen MR) is 105 cm³/mol. The molecule has 3 aromatic carbocycles. The largest absolute Gasteiger partial charge is 0.480 e. The van der Waals surface area contributed by atoms with Gasteiger partial charge < -0.3 is 10.4 Å². The van der Waals surface area contributed by atoms with Gasteiger partial charge in [-0.3, -0.25) is 4.79 Å². The second-order valence-corrected chi connectivity index (χ2v) is 6.64. The maximum atomic E-state index is 13.7. The van der Waals surface area contributed by atoms with E-state index in [4.69, 9.17) is 0 Å². The molecular weight excluding hydrogens is 376 g/mol. The molecule has 0 saturated carbocycles. The lowest BCUT2D eigenvalue weighted by atomic mass is 10.0. The van der Waals surface area contributed by atoms with Crippen LogP contribution in [-0.2, 0) is 22.4 Å². The number of carboxylic acids is 1. The minimum Gasteiger partial charge on any atom is -0.480 e. The second-order valence-electron chi connectivity index (χ2n) is 6.64. The molecule has 0 spiro atoms. The molecule has 0 saturated heterocycles. The van der Waals surface area contributed by atoms with Gasteiger partial charge in [-0.25, -0.2) is 13.6 Å². The van der Waals surface area contributed by atoms with Gasteiger partial charge in [0.1, 0.15) is 17.7 Å². The maximum Gasteiger partial charge on any atom is 0.326 e. The van der Waals surface area contributed by atoms with E-state index < -0.39 is 29.6 Å². The Morgan fingerprint density at radius 3 is 2.17 bits per heavy atom. The van der Waals surface area contributed by atoms with E-state index in [0.29, 0.717) is 6.07 Å². The molecule has 2 N–H and O–H groups in total. The van der Waals surface area contributed by atoms with Crippen LogP contribution in [0.15, 0.2) is 72.8 Å². The number of hydrogen-bond donors (Lipinski definition) is 2. The number of aliphatic carboxylic acids is 1. The van der Waals surface area contributed by atoms with E-state index in [1.165, 1.54) is 6.07 Å². The average molecular weight is 395 g/mol. The van der Waals surface area contributed by atoms with Crippen LogP contribution in [0.2, 0.25) is 0 Å². The summed E-state index contributed by atoms with van der Waals surface area (Å²) in [5.74, 6) is -3.42. The van der Waals surface area contributed by atoms with Crippen molar-refractivity contribution >= 4 is 11.9 Å². The number of rotatable bonds is 7. The molecular formula is C23H19F2NO3. The van der Waals surface area contributed by atoms with Crippen molar-refractivity contribution in [1.29, 1.82) is 0 Å². The van der Waals surface area contributed by atoms with Gasteiger partial charge in [-0.1, -0.05) is 60.7 Å². The quantitative estimate of drug-likeness (QED) is 0.636. The number of carbonyl (C=O) groups excluding carboxylic acids is 1. The first-order chi connectivity index (χ1) is 13.9. The van der Waals surface area contributed by atoms with Crippen LogP contribution in [0.5, 0.6) is 0 Å². The number of hydrogen-bond acceptors (Lipinski definition) is 2. The summed E-state index contributed by atoms with van der Waals surface area (Å²) in [6.45, 7) is 0. The molecule has 148 valence electrons. The lowest BCUT2D eigenvalue weighted by Crippen LogP contribution is -2.43. The molecule has 0 unspecified atom stereocenters. The lowest BCUT2D eigenvalue weighted by molar-refractivity contribution is -0.141. The van der Waals surface area contributed by atoms with Crippen LogP contribution in [0.4, 0.5) is 8.78 Å². The molecule has 29 heavy (non-hydrogen) atoms. The van der Waals surface area contributed by atoms with E-state index in [-0.39, 0.29) is 18.4 Å². The summed E-state index contributed by atoms with van der Waals surface area (Å²) in [7, 11) is 0. The van der Waals surface area contributed by atoms with Crippen molar-refractivity contribution < 1.29 is 23.5 Å². The van der Waals surface area contributed by atoms with E-state index in [1.54, 1.807) is 0 Å². The SMILES string of the molecule is O=C(Cc1ccc(F)cc1F)N[C@H](Cc1ccc(-c2ccccc2)cc1)C(=O)O. The molecule has 1 atom stereocenters. The van der Waals surface area contributed by atoms with Crippen molar-refractivity contribution in [2.75, 3.05) is 0 Å². The van der Waals surface area contributed by atoms with E-state index >= 15 is 0 Å². The highest BCUT2D eigenvalue weighted by molar-refractivity contribution is 5.85. The number of benzene rings is 3. The minimum atomic E-state index is -1.19. The third kappa shape index (κ3) is 5.48. The van der Waals surface area contributed by atoms with Crippen LogP contribution >= 0.6 is 0 Å². The van der Waals surface area contributed by atoms with Crippen LogP contribution in [0, 0.1) is 11.6 Å². The third-order valence-electron chi connectivity index (χ3n) is 4.50. The van der Waals surface area contributed by atoms with Gasteiger partial charge in [0.2, 0.25) is 5.91 Å². The Kier molecular flexibility index (Phi) is 6.34. The molecule has 0 aliphatic rings. The first-order valence-electron chi connectivity index (χ1n) is 9.03. The molecule has 0 aromatic heterocycles. The highest BCUT2D eigenvalue weighted by Gasteiger charge is 2.21. The lowest BCUT2D eigenvalue weighted by Gasteiger charge is -2.15. The van der Waals surface area contributed by atoms with Gasteiger partial charge >= 0.3 is 5.97 Å². The Morgan fingerprint density at radius 1 is 0.897 bits per heavy atom. The summed E-state index contributed by atoms with van der Waals surface area (Å²) in [5.41, 5.74) is 2.78. The molecule has 4 nitrogen and oxygen atoms in total. The van der Waals surface area contributed by atoms with Gasteiger partial charge in [0, 0.05) is 12.5 Å². The maximum absolute atomic E-state index is 13.7. The van der Waals surface area contributed by atoms with Crippen LogP contribution in [0.25, 0.3) is 11.1 Å². The van der Waals surface area contributed by atoms with Crippen LogP contribution in [0.3, 0.4) is 0 Å². The summed E-state index contributed by atoms with van der Waals surface area (Å²) in [6.07, 6.45) is -0.287. The van der Waals surface area contributed by atoms with Gasteiger partial charge in [-0.2, -0.15) is 0 Å². The first-order valence-corrected chi connectivity index (χ1v) is 9.03. The predicted octanol–water partition coefficient (Wildman–Crippen LogP) is 3.99. The van der Waals surface area contributed by atoms with Gasteiger partial charge in [0.25, 0.3) is 0 Å². The van der Waals surface area contributed by atoms with Crippen molar-refractivity contribution in [2.24, 2.45) is 0 Å². The average Bonchev–Trinajstić information content (AvgIpc) is 2.71. The molecule has 0 heterocycles. The van der Waals surface area contributed by atoms with Crippen molar-refractivity contribution in [3.63, 3.8) is 0 Å². The van der Waals surface area contributed by atoms with E-state index in [9.17, 15) is 23.5 Å². The molecule has 0 aliphatic heterocycles. The third-order valence-corrected chi connectivity index (χ3v) is 4.50. The fourth-order valence-corrected chi connectivity index (χ4v) is 2.98. The molecule has 0 bridgehead atoms. The van der Waals surface area contributed by atoms with Gasteiger partial charge in [-0.15, -0.1) is 0 Å². The Bertz CT molecular complexity index is 1000. The normalized spacial score (nSPS) is 11.7. The molecule has 1 amide bonds. The standard InChI is InChI=1S/C23H19F2NO3/c24-19-11-10-18(20(25)14-19)13-22(27)26-21(23(28)29)12-15-6-8-17(9-7-15)16-4-2-1-3-5-16/h1-11,14,21H,12-13H2,(H,26,27)(H,28,29)/t21-/m1/s1. The zero-order valence-electron chi connectivity index (χ0n) is 15.4. The molecule has 3 rings (SSSR count). The van der Waals surface area contributed by atoms with Crippen molar-refractivity contribution in [2.45, 2.75) is 18.9 Å². The summed E-state index contributed by atoms with van der Waals surface area (Å²) in [4.78, 5) is 23.7. The summed E-state index contributed by atoms with van der Waals surface area (Å²) < 4.78 is 26.7. The van der Waals surface area contributed by atoms with Crippen molar-refractivity contribution in [1.82, 2.24) is 5.32 Å². The number of carbonyl (C=O) groups is 2. The van der Waals surface area contributed by atoms with Gasteiger partial charge in [-0.05, 0) is 28.3 Å². The molecule has 0 fully saturated rings. The zero-order chi connectivity index (χ0) is 20.8. The number of carboxylic acid groups (broad SMARTS) is 1. The highest BCUT2D eigenvalue weighted by Crippen LogP contribution is 2.20. The first kappa shape index (κ1) is 20.2. The smallest absolute Gasteiger partial charge is 0.326 e. The van der Waals surface area contributed by atoms with E-state index in [1.807, 2.05) is 54.6 Å². The Hall–Kier alpha value is -3.54. The molecule has 0 aliphatic carbocycles. The van der Waals surface area contributed by atoms with Crippen LogP contribution in [0.1, 0.15) is 11.1 Å². The molecule has 6 heteroatoms. The summed E-state index contributed by atoms with van der Waals surface area (Å²) in [6, 6.07) is 18.9. The summed E-state index contributed by atoms with van der Waals surface area (Å²) >= 11 is 0. The Morgan fingerprint density at radius 2 is 1.55 bits per heavy atom. The Balaban J connectivity index is 1.65. The van der Waals surface area contributed by atoms with Crippen LogP contribution in [-0.4, -0.2) is 23.0 Å². The molecule has 3 aromatic rings. The highest BCUT2D eigenvalue weighted by atomic mass is 19.1. The fraction of sp³-hybridized carbons (Fsp3) is 0.130. The molecule has 0 radical (unpaired) electrons. The van der Waals surface area contributed by atoms with E-state index in [2.05, 4.69) is 5.32 Å². The fourth-order valence-electron chi connectivity index (χ4n) is 2.98. The van der Waals surface area contributed by atoms with Gasteiger partial charge in [0.05, 0.1) is 6.42 Å². The zero-order valence-corrected chi connectivity index (χ0v) is 15.4. The van der Waals surface area contributed by atoms with Gasteiger partial charge in [0.15, 0.2) is 0 Å². The Labute approximate surface area is 166 Å². The monoisotopic (exact) mass is 395 g/mol. The second kappa shape index (κ2) is 9.10. The summed E-state index contributed by atoms with van der Waals surface area (Å²) in [5, 5.41) is 11.8. The number of nitrogens with one attached hydrogen (secondary N) is 1. The number of halogens is 2. The number of amides is 1. The van der Waals surface area contributed by atoms with Crippen molar-refractivity contribution in [3.8, 4) is 11.1 Å². The minimum absolute atomic E-state index is 0.000234. The van der Waals surface area contributed by atoms with Crippen LogP contribution < -0.4 is 5.32 Å². The van der Waals surface area contributed by atoms with Crippen molar-refractivity contribution in [3.05, 3.63) is 95.6 Å². The van der Waals surface area contributed by atoms with E-state index in [0.717, 1.165) is 22.8 Å².